The van der Waals surface area contributed by atoms with E-state index in [4.69, 9.17) is 11.6 Å². The SMILES string of the molecule is CCC(C(=O)Nc1ncn(Cc2ccc(F)cc2Cl)n1)n1cc([N+](=O)[O-])cn1. The molecule has 146 valence electrons. The lowest BCUT2D eigenvalue weighted by molar-refractivity contribution is -0.385. The maximum Gasteiger partial charge on any atom is 0.307 e. The van der Waals surface area contributed by atoms with Gasteiger partial charge in [-0.05, 0) is 24.1 Å². The zero-order valence-electron chi connectivity index (χ0n) is 14.6. The van der Waals surface area contributed by atoms with E-state index in [1.54, 1.807) is 6.92 Å². The van der Waals surface area contributed by atoms with Crippen LogP contribution in [-0.4, -0.2) is 35.4 Å². The van der Waals surface area contributed by atoms with E-state index in [-0.39, 0.29) is 23.2 Å². The van der Waals surface area contributed by atoms with E-state index in [1.807, 2.05) is 0 Å². The van der Waals surface area contributed by atoms with Gasteiger partial charge in [-0.3, -0.25) is 24.9 Å². The molecule has 3 rings (SSSR count). The second-order valence-corrected chi connectivity index (χ2v) is 6.26. The molecule has 0 aliphatic rings. The van der Waals surface area contributed by atoms with Crippen molar-refractivity contribution in [2.24, 2.45) is 0 Å². The molecule has 0 saturated carbocycles. The molecule has 1 unspecified atom stereocenters. The van der Waals surface area contributed by atoms with Gasteiger partial charge in [-0.2, -0.15) is 5.10 Å². The lowest BCUT2D eigenvalue weighted by Gasteiger charge is -2.13. The van der Waals surface area contributed by atoms with Crippen molar-refractivity contribution < 1.29 is 14.1 Å². The summed E-state index contributed by atoms with van der Waals surface area (Å²) >= 11 is 5.99. The minimum Gasteiger partial charge on any atom is -0.291 e. The number of rotatable bonds is 7. The van der Waals surface area contributed by atoms with Gasteiger partial charge in [-0.1, -0.05) is 24.6 Å². The third-order valence-electron chi connectivity index (χ3n) is 3.93. The maximum absolute atomic E-state index is 13.1. The number of hydrogen-bond acceptors (Lipinski definition) is 6. The summed E-state index contributed by atoms with van der Waals surface area (Å²) in [5.74, 6) is -0.842. The molecule has 1 atom stereocenters. The van der Waals surface area contributed by atoms with Crippen LogP contribution in [0.3, 0.4) is 0 Å². The summed E-state index contributed by atoms with van der Waals surface area (Å²) in [5.41, 5.74) is 0.436. The van der Waals surface area contributed by atoms with Crippen molar-refractivity contribution in [3.05, 3.63) is 63.4 Å². The Balaban J connectivity index is 1.69. The first kappa shape index (κ1) is 19.4. The highest BCUT2D eigenvalue weighted by atomic mass is 35.5. The molecule has 12 heteroatoms. The lowest BCUT2D eigenvalue weighted by atomic mass is 10.2. The van der Waals surface area contributed by atoms with Crippen LogP contribution in [0.1, 0.15) is 24.9 Å². The summed E-state index contributed by atoms with van der Waals surface area (Å²) in [6.45, 7) is 1.99. The monoisotopic (exact) mass is 407 g/mol. The summed E-state index contributed by atoms with van der Waals surface area (Å²) in [6.07, 6.45) is 4.03. The molecular weight excluding hydrogens is 393 g/mol. The molecular formula is C16H15ClFN7O3. The molecule has 1 amide bonds. The van der Waals surface area contributed by atoms with Crippen molar-refractivity contribution in [3.8, 4) is 0 Å². The summed E-state index contributed by atoms with van der Waals surface area (Å²) in [4.78, 5) is 26.7. The van der Waals surface area contributed by atoms with Crippen LogP contribution in [0.2, 0.25) is 5.02 Å². The number of carbonyl (C=O) groups is 1. The Labute approximate surface area is 163 Å². The van der Waals surface area contributed by atoms with Crippen molar-refractivity contribution in [3.63, 3.8) is 0 Å². The summed E-state index contributed by atoms with van der Waals surface area (Å²) < 4.78 is 15.8. The predicted octanol–water partition coefficient (Wildman–Crippen LogP) is 2.81. The number of anilines is 1. The van der Waals surface area contributed by atoms with Crippen LogP contribution in [-0.2, 0) is 11.3 Å². The molecule has 10 nitrogen and oxygen atoms in total. The minimum atomic E-state index is -0.757. The second-order valence-electron chi connectivity index (χ2n) is 5.85. The Kier molecular flexibility index (Phi) is 5.64. The Hall–Kier alpha value is -3.34. The van der Waals surface area contributed by atoms with Crippen molar-refractivity contribution in [2.45, 2.75) is 25.9 Å². The number of amides is 1. The number of carbonyl (C=O) groups excluding carboxylic acids is 1. The van der Waals surface area contributed by atoms with Crippen LogP contribution in [0.15, 0.2) is 36.9 Å². The molecule has 1 N–H and O–H groups in total. The molecule has 0 aliphatic carbocycles. The van der Waals surface area contributed by atoms with Gasteiger partial charge in [0.15, 0.2) is 0 Å². The van der Waals surface area contributed by atoms with Crippen LogP contribution in [0, 0.1) is 15.9 Å². The normalized spacial score (nSPS) is 12.0. The van der Waals surface area contributed by atoms with E-state index in [1.165, 1.54) is 40.1 Å². The maximum atomic E-state index is 13.1. The summed E-state index contributed by atoms with van der Waals surface area (Å²) in [5, 5.41) is 21.6. The second kappa shape index (κ2) is 8.13. The Morgan fingerprint density at radius 2 is 2.25 bits per heavy atom. The van der Waals surface area contributed by atoms with E-state index >= 15 is 0 Å². The highest BCUT2D eigenvalue weighted by Gasteiger charge is 2.23. The number of aromatic nitrogens is 5. The molecule has 0 radical (unpaired) electrons. The number of hydrogen-bond donors (Lipinski definition) is 1. The largest absolute Gasteiger partial charge is 0.307 e. The predicted molar refractivity (Wildman–Crippen MR) is 97.4 cm³/mol. The van der Waals surface area contributed by atoms with Gasteiger partial charge in [0.05, 0.1) is 11.5 Å². The molecule has 2 heterocycles. The van der Waals surface area contributed by atoms with Crippen molar-refractivity contribution in [1.82, 2.24) is 24.5 Å². The van der Waals surface area contributed by atoms with Gasteiger partial charge in [0.2, 0.25) is 5.95 Å². The molecule has 3 aromatic rings. The fourth-order valence-electron chi connectivity index (χ4n) is 2.53. The van der Waals surface area contributed by atoms with Gasteiger partial charge in [0.1, 0.15) is 30.6 Å². The Morgan fingerprint density at radius 3 is 2.89 bits per heavy atom. The molecule has 0 bridgehead atoms. The first-order valence-electron chi connectivity index (χ1n) is 8.20. The molecule has 0 saturated heterocycles. The van der Waals surface area contributed by atoms with Gasteiger partial charge in [0.25, 0.3) is 5.91 Å². The van der Waals surface area contributed by atoms with E-state index in [0.29, 0.717) is 12.0 Å². The van der Waals surface area contributed by atoms with E-state index in [2.05, 4.69) is 20.5 Å². The van der Waals surface area contributed by atoms with Crippen LogP contribution in [0.5, 0.6) is 0 Å². The van der Waals surface area contributed by atoms with Gasteiger partial charge in [-0.15, -0.1) is 5.10 Å². The standard InChI is InChI=1S/C16H15ClFN7O3/c1-2-14(24-8-12(6-20-24)25(27)28)15(26)21-16-19-9-23(22-16)7-10-3-4-11(18)5-13(10)17/h3-6,8-9,14H,2,7H2,1H3,(H,21,22,26). The first-order chi connectivity index (χ1) is 13.4. The van der Waals surface area contributed by atoms with E-state index in [0.717, 1.165) is 6.20 Å². The average Bonchev–Trinajstić information content (AvgIpc) is 3.28. The van der Waals surface area contributed by atoms with E-state index < -0.39 is 22.7 Å². The lowest BCUT2D eigenvalue weighted by Crippen LogP contribution is -2.26. The van der Waals surface area contributed by atoms with Gasteiger partial charge in [0, 0.05) is 5.02 Å². The number of halogens is 2. The highest BCUT2D eigenvalue weighted by molar-refractivity contribution is 6.31. The first-order valence-corrected chi connectivity index (χ1v) is 8.58. The van der Waals surface area contributed by atoms with Crippen LogP contribution in [0.25, 0.3) is 0 Å². The van der Waals surface area contributed by atoms with Gasteiger partial charge in [-0.25, -0.2) is 14.1 Å². The highest BCUT2D eigenvalue weighted by Crippen LogP contribution is 2.19. The van der Waals surface area contributed by atoms with Crippen molar-refractivity contribution in [1.29, 1.82) is 0 Å². The number of nitrogens with one attached hydrogen (secondary N) is 1. The fraction of sp³-hybridized carbons (Fsp3) is 0.250. The molecule has 0 spiro atoms. The fourth-order valence-corrected chi connectivity index (χ4v) is 2.76. The van der Waals surface area contributed by atoms with Gasteiger partial charge >= 0.3 is 5.69 Å². The quantitative estimate of drug-likeness (QED) is 0.475. The number of nitrogens with zero attached hydrogens (tertiary/aromatic N) is 6. The third kappa shape index (κ3) is 4.31. The topological polar surface area (TPSA) is 121 Å². The van der Waals surface area contributed by atoms with Crippen LogP contribution >= 0.6 is 11.6 Å². The Morgan fingerprint density at radius 1 is 1.46 bits per heavy atom. The molecule has 28 heavy (non-hydrogen) atoms. The molecule has 0 aliphatic heterocycles. The van der Waals surface area contributed by atoms with Crippen molar-refractivity contribution in [2.75, 3.05) is 5.32 Å². The molecule has 0 fully saturated rings. The molecule has 2 aromatic heterocycles. The van der Waals surface area contributed by atoms with E-state index in [9.17, 15) is 19.3 Å². The minimum absolute atomic E-state index is 0.0586. The Bertz CT molecular complexity index is 1020. The summed E-state index contributed by atoms with van der Waals surface area (Å²) in [6, 6.07) is 3.27. The van der Waals surface area contributed by atoms with Crippen LogP contribution in [0.4, 0.5) is 16.0 Å². The van der Waals surface area contributed by atoms with Crippen molar-refractivity contribution >= 4 is 29.1 Å². The van der Waals surface area contributed by atoms with Crippen LogP contribution < -0.4 is 5.32 Å². The van der Waals surface area contributed by atoms with Gasteiger partial charge < -0.3 is 0 Å². The zero-order valence-corrected chi connectivity index (χ0v) is 15.4. The zero-order chi connectivity index (χ0) is 20.3. The smallest absolute Gasteiger partial charge is 0.291 e. The number of nitro groups is 1. The molecule has 1 aromatic carbocycles. The third-order valence-corrected chi connectivity index (χ3v) is 4.28. The average molecular weight is 408 g/mol. The number of benzene rings is 1. The summed E-state index contributed by atoms with van der Waals surface area (Å²) in [7, 11) is 0.